The van der Waals surface area contributed by atoms with Crippen molar-refractivity contribution in [3.63, 3.8) is 0 Å². The third-order valence-electron chi connectivity index (χ3n) is 4.93. The number of aliphatic imine (C=N–C) groups is 2. The molecule has 4 rings (SSSR count). The fraction of sp³-hybridized carbons (Fsp3) is 0.111. The van der Waals surface area contributed by atoms with Crippen molar-refractivity contribution in [2.45, 2.75) is 0 Å². The minimum Gasteiger partial charge on any atom is -0.313 e. The second kappa shape index (κ2) is 7.08. The molecule has 0 aliphatic carbocycles. The molecule has 4 N–H and O–H groups in total. The average molecular weight is 438 g/mol. The number of isothiocyanates is 2. The van der Waals surface area contributed by atoms with Gasteiger partial charge in [0.15, 0.2) is 0 Å². The summed E-state index contributed by atoms with van der Waals surface area (Å²) < 4.78 is 0. The van der Waals surface area contributed by atoms with Crippen molar-refractivity contribution in [2.75, 3.05) is 13.3 Å². The quantitative estimate of drug-likeness (QED) is 0.412. The average Bonchev–Trinajstić information content (AvgIpc) is 2.72. The summed E-state index contributed by atoms with van der Waals surface area (Å²) >= 11 is 9.33. The van der Waals surface area contributed by atoms with E-state index < -0.39 is 37.0 Å². The molecule has 148 valence electrons. The Morgan fingerprint density at radius 2 is 1.10 bits per heavy atom. The van der Waals surface area contributed by atoms with Crippen LogP contribution in [-0.4, -0.2) is 57.1 Å². The van der Waals surface area contributed by atoms with Crippen molar-refractivity contribution in [2.24, 2.45) is 21.5 Å². The lowest BCUT2D eigenvalue weighted by Gasteiger charge is -2.32. The molecule has 2 aliphatic heterocycles. The lowest BCUT2D eigenvalue weighted by atomic mass is 9.84. The number of carbonyl (C=O) groups excluding carboxylic acids is 4. The van der Waals surface area contributed by atoms with E-state index in [9.17, 15) is 19.2 Å². The third-order valence-corrected chi connectivity index (χ3v) is 5.11. The summed E-state index contributed by atoms with van der Waals surface area (Å²) in [5.74, 6) is -2.89. The van der Waals surface area contributed by atoms with Crippen LogP contribution in [0.15, 0.2) is 22.1 Å². The largest absolute Gasteiger partial charge is 0.313 e. The Morgan fingerprint density at radius 3 is 1.40 bits per heavy atom. The standard InChI is InChI=1S/C18H10N6O4S2/c19-3-23-15(25)7-1-9(21-5-29)13-12-8(16(26)24(4-20)17(13)27)2-10(22-6-30)14(11(7)12)18(23)28/h1-2H,3-4,19-20H2. The Morgan fingerprint density at radius 1 is 0.733 bits per heavy atom. The zero-order valence-electron chi connectivity index (χ0n) is 15.0. The maximum atomic E-state index is 13.0. The molecule has 30 heavy (non-hydrogen) atoms. The molecule has 0 spiro atoms. The van der Waals surface area contributed by atoms with Crippen molar-refractivity contribution < 1.29 is 19.2 Å². The van der Waals surface area contributed by atoms with Gasteiger partial charge in [-0.15, -0.1) is 0 Å². The van der Waals surface area contributed by atoms with Crippen LogP contribution >= 0.6 is 24.4 Å². The molecule has 0 saturated heterocycles. The number of hydrogen-bond donors (Lipinski definition) is 2. The van der Waals surface area contributed by atoms with Gasteiger partial charge in [-0.2, -0.15) is 9.98 Å². The van der Waals surface area contributed by atoms with Crippen molar-refractivity contribution >= 4 is 80.5 Å². The van der Waals surface area contributed by atoms with Crippen LogP contribution in [0.25, 0.3) is 10.8 Å². The van der Waals surface area contributed by atoms with E-state index in [0.717, 1.165) is 9.80 Å². The monoisotopic (exact) mass is 438 g/mol. The SMILES string of the molecule is NCN1C(=O)c2cc(N=C=S)c3c4c(cc(N=C=S)c(c24)C1=O)C(=O)N(CN)C3=O. The second-order valence-electron chi connectivity index (χ2n) is 6.23. The van der Waals surface area contributed by atoms with Crippen LogP contribution in [0.1, 0.15) is 41.4 Å². The highest BCUT2D eigenvalue weighted by atomic mass is 32.1. The minimum atomic E-state index is -0.733. The molecule has 2 aromatic rings. The smallest absolute Gasteiger partial charge is 0.264 e. The number of hydrogen-bond acceptors (Lipinski definition) is 10. The Hall–Kier alpha value is -3.50. The molecule has 12 heteroatoms. The molecular formula is C18H10N6O4S2. The van der Waals surface area contributed by atoms with Gasteiger partial charge in [-0.1, -0.05) is 0 Å². The maximum absolute atomic E-state index is 13.0. The molecule has 0 atom stereocenters. The normalized spacial score (nSPS) is 14.7. The van der Waals surface area contributed by atoms with Crippen LogP contribution < -0.4 is 11.5 Å². The zero-order chi connectivity index (χ0) is 21.7. The van der Waals surface area contributed by atoms with Crippen LogP contribution in [0.4, 0.5) is 11.4 Å². The third kappa shape index (κ3) is 2.44. The first-order valence-corrected chi connectivity index (χ1v) is 9.18. The summed E-state index contributed by atoms with van der Waals surface area (Å²) in [5.41, 5.74) is 11.2. The second-order valence-corrected chi connectivity index (χ2v) is 6.60. The highest BCUT2D eigenvalue weighted by molar-refractivity contribution is 7.78. The predicted molar refractivity (Wildman–Crippen MR) is 112 cm³/mol. The van der Waals surface area contributed by atoms with Crippen LogP contribution in [0.5, 0.6) is 0 Å². The Kier molecular flexibility index (Phi) is 4.67. The highest BCUT2D eigenvalue weighted by Crippen LogP contribution is 2.45. The molecule has 0 aromatic heterocycles. The van der Waals surface area contributed by atoms with Crippen LogP contribution in [0, 0.1) is 0 Å². The topological polar surface area (TPSA) is 152 Å². The summed E-state index contributed by atoms with van der Waals surface area (Å²) in [4.78, 5) is 61.4. The molecule has 2 aliphatic rings. The highest BCUT2D eigenvalue weighted by Gasteiger charge is 2.42. The van der Waals surface area contributed by atoms with E-state index in [1.54, 1.807) is 0 Å². The van der Waals surface area contributed by atoms with E-state index in [0.29, 0.717) is 0 Å². The summed E-state index contributed by atoms with van der Waals surface area (Å²) in [6.07, 6.45) is 0. The summed E-state index contributed by atoms with van der Waals surface area (Å²) in [6.45, 7) is -0.791. The van der Waals surface area contributed by atoms with Gasteiger partial charge in [0.1, 0.15) is 0 Å². The van der Waals surface area contributed by atoms with Gasteiger partial charge in [-0.25, -0.2) is 0 Å². The molecule has 4 amide bonds. The van der Waals surface area contributed by atoms with Crippen molar-refractivity contribution in [3.05, 3.63) is 34.4 Å². The number of thiocarbonyl (C=S) groups is 2. The van der Waals surface area contributed by atoms with Gasteiger partial charge in [0, 0.05) is 10.8 Å². The molecule has 0 fully saturated rings. The first-order valence-electron chi connectivity index (χ1n) is 8.37. The number of nitrogens with zero attached hydrogens (tertiary/aromatic N) is 4. The molecule has 2 aromatic carbocycles. The molecule has 0 saturated carbocycles. The van der Waals surface area contributed by atoms with E-state index >= 15 is 0 Å². The Balaban J connectivity index is 2.32. The Labute approximate surface area is 178 Å². The predicted octanol–water partition coefficient (Wildman–Crippen LogP) is 1.33. The number of imide groups is 2. The first-order chi connectivity index (χ1) is 14.4. The lowest BCUT2D eigenvalue weighted by molar-refractivity contribution is 0.0594. The van der Waals surface area contributed by atoms with E-state index in [1.165, 1.54) is 12.1 Å². The van der Waals surface area contributed by atoms with E-state index in [1.807, 2.05) is 0 Å². The molecule has 0 bridgehead atoms. The number of amides is 4. The van der Waals surface area contributed by atoms with Crippen molar-refractivity contribution in [1.82, 2.24) is 9.80 Å². The van der Waals surface area contributed by atoms with Gasteiger partial charge in [0.2, 0.25) is 0 Å². The van der Waals surface area contributed by atoms with Crippen LogP contribution in [0.3, 0.4) is 0 Å². The minimum absolute atomic E-state index is 0.0152. The fourth-order valence-corrected chi connectivity index (χ4v) is 3.93. The lowest BCUT2D eigenvalue weighted by Crippen LogP contribution is -2.46. The van der Waals surface area contributed by atoms with Crippen molar-refractivity contribution in [3.8, 4) is 0 Å². The van der Waals surface area contributed by atoms with Gasteiger partial charge < -0.3 is 11.5 Å². The van der Waals surface area contributed by atoms with Gasteiger partial charge in [-0.3, -0.25) is 29.0 Å². The van der Waals surface area contributed by atoms with Gasteiger partial charge in [0.25, 0.3) is 23.6 Å². The maximum Gasteiger partial charge on any atom is 0.264 e. The number of nitrogens with two attached hydrogens (primary N) is 2. The number of rotatable bonds is 4. The fourth-order valence-electron chi connectivity index (χ4n) is 3.73. The first kappa shape index (κ1) is 19.8. The van der Waals surface area contributed by atoms with Gasteiger partial charge in [0.05, 0.1) is 57.3 Å². The molecular weight excluding hydrogens is 428 g/mol. The summed E-state index contributed by atoms with van der Waals surface area (Å²) in [5, 5.41) is 4.50. The molecule has 0 unspecified atom stereocenters. The molecule has 10 nitrogen and oxygen atoms in total. The summed E-state index contributed by atoms with van der Waals surface area (Å²) in [6, 6.07) is 2.60. The Bertz CT molecular complexity index is 1220. The molecule has 0 radical (unpaired) electrons. The molecule has 2 heterocycles. The number of benzene rings is 2. The van der Waals surface area contributed by atoms with E-state index in [4.69, 9.17) is 11.5 Å². The summed E-state index contributed by atoms with van der Waals surface area (Å²) in [7, 11) is 0. The van der Waals surface area contributed by atoms with Crippen LogP contribution in [0.2, 0.25) is 0 Å². The van der Waals surface area contributed by atoms with Crippen LogP contribution in [-0.2, 0) is 0 Å². The van der Waals surface area contributed by atoms with Gasteiger partial charge >= 0.3 is 0 Å². The van der Waals surface area contributed by atoms with Gasteiger partial charge in [-0.05, 0) is 36.6 Å². The van der Waals surface area contributed by atoms with E-state index in [-0.39, 0.29) is 44.4 Å². The zero-order valence-corrected chi connectivity index (χ0v) is 16.6. The van der Waals surface area contributed by atoms with E-state index in [2.05, 4.69) is 44.7 Å². The number of carbonyl (C=O) groups is 4. The van der Waals surface area contributed by atoms with Crippen molar-refractivity contribution in [1.29, 1.82) is 0 Å².